The Hall–Kier alpha value is -6.45. The number of pyridine rings is 1. The third kappa shape index (κ3) is 4.72. The van der Waals surface area contributed by atoms with Crippen molar-refractivity contribution in [2.45, 2.75) is 0 Å². The second-order valence-electron chi connectivity index (χ2n) is 12.0. The van der Waals surface area contributed by atoms with Crippen LogP contribution in [0.1, 0.15) is 0 Å². The second-order valence-corrected chi connectivity index (χ2v) is 12.0. The molecule has 0 aliphatic rings. The first-order chi connectivity index (χ1) is 23.8. The van der Waals surface area contributed by atoms with Crippen molar-refractivity contribution in [2.24, 2.45) is 0 Å². The number of nitrogens with zero attached hydrogens (tertiary/aromatic N) is 3. The molecule has 0 radical (unpaired) electrons. The van der Waals surface area contributed by atoms with Gasteiger partial charge in [-0.1, -0.05) is 140 Å². The van der Waals surface area contributed by atoms with Gasteiger partial charge in [0.2, 0.25) is 0 Å². The van der Waals surface area contributed by atoms with Gasteiger partial charge in [-0.05, 0) is 73.6 Å². The van der Waals surface area contributed by atoms with E-state index < -0.39 is 0 Å². The summed E-state index contributed by atoms with van der Waals surface area (Å²) in [5, 5.41) is 4.85. The lowest BCUT2D eigenvalue weighted by molar-refractivity contribution is 1.29. The Balaban J connectivity index is 1.28. The molecule has 0 bridgehead atoms. The molecule has 2 heterocycles. The van der Waals surface area contributed by atoms with Crippen LogP contribution in [-0.2, 0) is 0 Å². The van der Waals surface area contributed by atoms with Crippen LogP contribution in [0.15, 0.2) is 176 Å². The minimum Gasteiger partial charge on any atom is -0.264 e. The summed E-state index contributed by atoms with van der Waals surface area (Å²) in [6.07, 6.45) is 3.79. The minimum absolute atomic E-state index is 0.873. The Morgan fingerprint density at radius 1 is 0.333 bits per heavy atom. The SMILES string of the molecule is c1ccc(-c2nc3ccccc3nc2-c2ccccc2-c2cccc(-c3c4ccccc4c(-c4cccnc4)c4ccccc34)c2)cc1. The first-order valence-electron chi connectivity index (χ1n) is 16.2. The maximum atomic E-state index is 5.24. The van der Waals surface area contributed by atoms with Gasteiger partial charge < -0.3 is 0 Å². The van der Waals surface area contributed by atoms with Gasteiger partial charge >= 0.3 is 0 Å². The van der Waals surface area contributed by atoms with Gasteiger partial charge in [0.15, 0.2) is 0 Å². The number of rotatable bonds is 5. The topological polar surface area (TPSA) is 38.7 Å². The quantitative estimate of drug-likeness (QED) is 0.182. The van der Waals surface area contributed by atoms with Gasteiger partial charge in [0.05, 0.1) is 22.4 Å². The largest absolute Gasteiger partial charge is 0.264 e. The highest BCUT2D eigenvalue weighted by molar-refractivity contribution is 6.21. The van der Waals surface area contributed by atoms with E-state index >= 15 is 0 Å². The van der Waals surface area contributed by atoms with Gasteiger partial charge in [0.25, 0.3) is 0 Å². The van der Waals surface area contributed by atoms with Crippen molar-refractivity contribution < 1.29 is 0 Å². The Labute approximate surface area is 278 Å². The maximum absolute atomic E-state index is 5.24. The average Bonchev–Trinajstić information content (AvgIpc) is 3.17. The fourth-order valence-electron chi connectivity index (χ4n) is 7.03. The molecule has 3 nitrogen and oxygen atoms in total. The third-order valence-corrected chi connectivity index (χ3v) is 9.14. The van der Waals surface area contributed by atoms with E-state index in [9.17, 15) is 0 Å². The van der Waals surface area contributed by atoms with Crippen LogP contribution in [0.3, 0.4) is 0 Å². The van der Waals surface area contributed by atoms with E-state index in [-0.39, 0.29) is 0 Å². The molecular weight excluding hydrogens is 583 g/mol. The molecule has 7 aromatic carbocycles. The van der Waals surface area contributed by atoms with Gasteiger partial charge in [0, 0.05) is 29.1 Å². The van der Waals surface area contributed by atoms with Crippen molar-refractivity contribution in [3.63, 3.8) is 0 Å². The Morgan fingerprint density at radius 3 is 1.48 bits per heavy atom. The van der Waals surface area contributed by atoms with Crippen LogP contribution in [0.5, 0.6) is 0 Å². The van der Waals surface area contributed by atoms with E-state index in [1.807, 2.05) is 48.8 Å². The first kappa shape index (κ1) is 27.8. The number of hydrogen-bond acceptors (Lipinski definition) is 3. The Kier molecular flexibility index (Phi) is 6.80. The maximum Gasteiger partial charge on any atom is 0.0979 e. The van der Waals surface area contributed by atoms with E-state index in [0.29, 0.717) is 0 Å². The number of fused-ring (bicyclic) bond motifs is 3. The summed E-state index contributed by atoms with van der Waals surface area (Å²) in [5.74, 6) is 0. The van der Waals surface area contributed by atoms with Crippen LogP contribution >= 0.6 is 0 Å². The molecule has 0 spiro atoms. The lowest BCUT2D eigenvalue weighted by Crippen LogP contribution is -1.97. The standard InChI is InChI=1S/C45H29N3/c1-2-14-30(15-3-1)44-45(48-41-26-11-10-25-40(41)47-44)39-24-9-4-19-34(39)31-16-12-17-32(28-31)42-35-20-5-7-22-37(35)43(33-18-13-27-46-29-33)38-23-8-6-21-36(38)42/h1-29H. The third-order valence-electron chi connectivity index (χ3n) is 9.14. The fourth-order valence-corrected chi connectivity index (χ4v) is 7.03. The molecule has 9 aromatic rings. The van der Waals surface area contributed by atoms with Crippen molar-refractivity contribution in [3.05, 3.63) is 176 Å². The van der Waals surface area contributed by atoms with E-state index in [1.165, 1.54) is 38.2 Å². The highest BCUT2D eigenvalue weighted by Gasteiger charge is 2.19. The van der Waals surface area contributed by atoms with Crippen LogP contribution in [0.25, 0.3) is 88.5 Å². The Bertz CT molecular complexity index is 2550. The normalized spacial score (nSPS) is 11.3. The molecule has 0 N–H and O–H groups in total. The van der Waals surface area contributed by atoms with E-state index in [2.05, 4.69) is 132 Å². The lowest BCUT2D eigenvalue weighted by Gasteiger charge is -2.18. The molecule has 0 aliphatic heterocycles. The first-order valence-corrected chi connectivity index (χ1v) is 16.2. The highest BCUT2D eigenvalue weighted by atomic mass is 14.8. The number of para-hydroxylation sites is 2. The van der Waals surface area contributed by atoms with Crippen LogP contribution < -0.4 is 0 Å². The summed E-state index contributed by atoms with van der Waals surface area (Å²) in [6, 6.07) is 57.6. The molecule has 0 unspecified atom stereocenters. The van der Waals surface area contributed by atoms with Gasteiger partial charge in [-0.2, -0.15) is 0 Å². The molecule has 9 rings (SSSR count). The van der Waals surface area contributed by atoms with Crippen LogP contribution in [-0.4, -0.2) is 15.0 Å². The minimum atomic E-state index is 0.873. The summed E-state index contributed by atoms with van der Waals surface area (Å²) in [5.41, 5.74) is 12.6. The van der Waals surface area contributed by atoms with Crippen molar-refractivity contribution in [1.29, 1.82) is 0 Å². The molecule has 2 aromatic heterocycles. The van der Waals surface area contributed by atoms with E-state index in [1.54, 1.807) is 0 Å². The molecule has 48 heavy (non-hydrogen) atoms. The molecule has 0 fully saturated rings. The van der Waals surface area contributed by atoms with Crippen LogP contribution in [0, 0.1) is 0 Å². The molecule has 3 heteroatoms. The van der Waals surface area contributed by atoms with Gasteiger partial charge in [-0.15, -0.1) is 0 Å². The second kappa shape index (κ2) is 11.7. The highest BCUT2D eigenvalue weighted by Crippen LogP contribution is 2.45. The summed E-state index contributed by atoms with van der Waals surface area (Å²) < 4.78 is 0. The zero-order valence-corrected chi connectivity index (χ0v) is 26.1. The molecule has 0 amide bonds. The van der Waals surface area contributed by atoms with Crippen LogP contribution in [0.4, 0.5) is 0 Å². The smallest absolute Gasteiger partial charge is 0.0979 e. The fraction of sp³-hybridized carbons (Fsp3) is 0. The summed E-state index contributed by atoms with van der Waals surface area (Å²) in [7, 11) is 0. The number of hydrogen-bond donors (Lipinski definition) is 0. The van der Waals surface area contributed by atoms with Crippen molar-refractivity contribution in [2.75, 3.05) is 0 Å². The molecule has 0 atom stereocenters. The lowest BCUT2D eigenvalue weighted by atomic mass is 9.85. The average molecular weight is 612 g/mol. The van der Waals surface area contributed by atoms with Gasteiger partial charge in [-0.25, -0.2) is 9.97 Å². The molecule has 0 saturated carbocycles. The number of aromatic nitrogens is 3. The molecule has 224 valence electrons. The summed E-state index contributed by atoms with van der Waals surface area (Å²) >= 11 is 0. The molecule has 0 aliphatic carbocycles. The molecule has 0 saturated heterocycles. The van der Waals surface area contributed by atoms with Crippen LogP contribution in [0.2, 0.25) is 0 Å². The predicted octanol–water partition coefficient (Wildman–Crippen LogP) is 11.7. The monoisotopic (exact) mass is 611 g/mol. The zero-order chi connectivity index (χ0) is 31.9. The summed E-state index contributed by atoms with van der Waals surface area (Å²) in [4.78, 5) is 14.9. The number of benzene rings is 7. The van der Waals surface area contributed by atoms with E-state index in [4.69, 9.17) is 9.97 Å². The molecular formula is C45H29N3. The zero-order valence-electron chi connectivity index (χ0n) is 26.1. The summed E-state index contributed by atoms with van der Waals surface area (Å²) in [6.45, 7) is 0. The van der Waals surface area contributed by atoms with Gasteiger partial charge in [-0.3, -0.25) is 4.98 Å². The Morgan fingerprint density at radius 2 is 0.833 bits per heavy atom. The van der Waals surface area contributed by atoms with Crippen molar-refractivity contribution in [3.8, 4) is 55.9 Å². The van der Waals surface area contributed by atoms with Crippen molar-refractivity contribution >= 4 is 32.6 Å². The van der Waals surface area contributed by atoms with Gasteiger partial charge in [0.1, 0.15) is 0 Å². The predicted molar refractivity (Wildman–Crippen MR) is 200 cm³/mol. The van der Waals surface area contributed by atoms with Crippen molar-refractivity contribution in [1.82, 2.24) is 15.0 Å². The van der Waals surface area contributed by atoms with E-state index in [0.717, 1.165) is 50.2 Å².